The summed E-state index contributed by atoms with van der Waals surface area (Å²) >= 11 is 0.439. The number of rotatable bonds is 3. The van der Waals surface area contributed by atoms with E-state index in [0.29, 0.717) is 14.5 Å². The molecule has 0 spiro atoms. The summed E-state index contributed by atoms with van der Waals surface area (Å²) in [5, 5.41) is 9.86. The van der Waals surface area contributed by atoms with Gasteiger partial charge in [0.25, 0.3) is 0 Å². The fourth-order valence-electron chi connectivity index (χ4n) is 1.57. The fraction of sp³-hybridized carbons (Fsp3) is 0.500. The van der Waals surface area contributed by atoms with Gasteiger partial charge in [-0.25, -0.2) is 0 Å². The summed E-state index contributed by atoms with van der Waals surface area (Å²) in [5.74, 6) is 0. The van der Waals surface area contributed by atoms with Crippen LogP contribution in [0.4, 0.5) is 0 Å². The Kier molecular flexibility index (Phi) is 3.57. The second-order valence-electron chi connectivity index (χ2n) is 6.69. The fourth-order valence-corrected chi connectivity index (χ4v) is 7.21. The molecule has 0 N–H and O–H groups in total. The quantitative estimate of drug-likeness (QED) is 0.790. The molecule has 0 unspecified atom stereocenters. The van der Waals surface area contributed by atoms with Crippen molar-refractivity contribution in [3.05, 3.63) is 18.3 Å². The van der Waals surface area contributed by atoms with Gasteiger partial charge in [0.2, 0.25) is 0 Å². The van der Waals surface area contributed by atoms with Gasteiger partial charge in [-0.2, -0.15) is 0 Å². The van der Waals surface area contributed by atoms with Crippen molar-refractivity contribution in [3.8, 4) is 4.56 Å². The van der Waals surface area contributed by atoms with Gasteiger partial charge in [0.05, 0.1) is 0 Å². The molecule has 2 aromatic rings. The van der Waals surface area contributed by atoms with Gasteiger partial charge >= 0.3 is 117 Å². The van der Waals surface area contributed by atoms with E-state index >= 15 is 0 Å². The molecule has 0 atom stereocenters. The molecule has 2 heterocycles. The maximum absolute atomic E-state index is 4.35. The van der Waals surface area contributed by atoms with Crippen LogP contribution in [-0.4, -0.2) is 45.6 Å². The van der Waals surface area contributed by atoms with Gasteiger partial charge in [0.1, 0.15) is 0 Å². The molecule has 0 aliphatic rings. The first-order valence-corrected chi connectivity index (χ1v) is 14.9. The van der Waals surface area contributed by atoms with Gasteiger partial charge in [0, 0.05) is 0 Å². The molecule has 6 heteroatoms. The Morgan fingerprint density at radius 1 is 1.00 bits per heavy atom. The molecule has 2 aromatic heterocycles. The van der Waals surface area contributed by atoms with Crippen LogP contribution in [0, 0.1) is 0 Å². The van der Waals surface area contributed by atoms with Crippen molar-refractivity contribution in [2.45, 2.75) is 39.3 Å². The summed E-state index contributed by atoms with van der Waals surface area (Å²) in [6.07, 6.45) is 2.14. The molecule has 98 valence electrons. The monoisotopic (exact) mass is 343 g/mol. The Labute approximate surface area is 117 Å². The van der Waals surface area contributed by atoms with Crippen LogP contribution in [0.3, 0.4) is 0 Å². The number of aromatic nitrogens is 3. The Balaban J connectivity index is 2.33. The summed E-state index contributed by atoms with van der Waals surface area (Å²) in [7, 11) is -2.48. The molecule has 18 heavy (non-hydrogen) atoms. The average molecular weight is 342 g/mol. The summed E-state index contributed by atoms with van der Waals surface area (Å²) in [6.45, 7) is 14.1. The Bertz CT molecular complexity index is 496. The summed E-state index contributed by atoms with van der Waals surface area (Å²) in [6, 6.07) is 4.55. The van der Waals surface area contributed by atoms with Crippen molar-refractivity contribution in [3.63, 3.8) is 0 Å². The standard InChI is InChI=1S/C12H21N3SeSi2/c1-17(2,3)10-9-15(14-13-10)11-7-8-12(16-11)18(4,5)6/h7-9H,1-6H3. The first kappa shape index (κ1) is 14.0. The zero-order valence-corrected chi connectivity index (χ0v) is 15.7. The molecule has 0 radical (unpaired) electrons. The summed E-state index contributed by atoms with van der Waals surface area (Å²) in [5.41, 5.74) is 0. The van der Waals surface area contributed by atoms with Crippen LogP contribution >= 0.6 is 0 Å². The zero-order chi connectivity index (χ0) is 13.6. The Hall–Kier alpha value is -0.427. The predicted octanol–water partition coefficient (Wildman–Crippen LogP) is 1.41. The van der Waals surface area contributed by atoms with E-state index < -0.39 is 16.1 Å². The average Bonchev–Trinajstić information content (AvgIpc) is 2.84. The van der Waals surface area contributed by atoms with Gasteiger partial charge in [-0.3, -0.25) is 0 Å². The van der Waals surface area contributed by atoms with Gasteiger partial charge in [-0.15, -0.1) is 0 Å². The van der Waals surface area contributed by atoms with Crippen LogP contribution in [0.2, 0.25) is 39.3 Å². The molecular weight excluding hydrogens is 321 g/mol. The van der Waals surface area contributed by atoms with E-state index in [-0.39, 0.29) is 0 Å². The first-order valence-electron chi connectivity index (χ1n) is 6.21. The number of hydrogen-bond acceptors (Lipinski definition) is 2. The molecule has 0 saturated heterocycles. The Morgan fingerprint density at radius 3 is 2.11 bits per heavy atom. The van der Waals surface area contributed by atoms with Crippen LogP contribution in [0.15, 0.2) is 18.3 Å². The van der Waals surface area contributed by atoms with Crippen molar-refractivity contribution in [2.75, 3.05) is 0 Å². The van der Waals surface area contributed by atoms with Gasteiger partial charge in [-0.1, -0.05) is 0 Å². The molecule has 0 fully saturated rings. The van der Waals surface area contributed by atoms with Crippen LogP contribution in [-0.2, 0) is 0 Å². The summed E-state index contributed by atoms with van der Waals surface area (Å²) < 4.78 is 4.99. The van der Waals surface area contributed by atoms with Crippen LogP contribution in [0.5, 0.6) is 0 Å². The summed E-state index contributed by atoms with van der Waals surface area (Å²) in [4.78, 5) is 0. The third kappa shape index (κ3) is 2.93. The normalized spacial score (nSPS) is 13.0. The van der Waals surface area contributed by atoms with Gasteiger partial charge < -0.3 is 0 Å². The molecule has 0 aliphatic heterocycles. The molecule has 0 saturated carbocycles. The molecule has 2 rings (SSSR count). The first-order chi connectivity index (χ1) is 8.18. The van der Waals surface area contributed by atoms with Gasteiger partial charge in [0.15, 0.2) is 0 Å². The van der Waals surface area contributed by atoms with Crippen molar-refractivity contribution < 1.29 is 0 Å². The van der Waals surface area contributed by atoms with Crippen LogP contribution < -0.4 is 9.38 Å². The van der Waals surface area contributed by atoms with Crippen LogP contribution in [0.1, 0.15) is 0 Å². The van der Waals surface area contributed by atoms with E-state index in [1.807, 2.05) is 4.68 Å². The maximum atomic E-state index is 4.35. The van der Waals surface area contributed by atoms with E-state index in [1.54, 1.807) is 4.06 Å². The van der Waals surface area contributed by atoms with E-state index in [0.717, 1.165) is 0 Å². The van der Waals surface area contributed by atoms with E-state index in [1.165, 1.54) is 9.88 Å². The number of hydrogen-bond donors (Lipinski definition) is 0. The second kappa shape index (κ2) is 4.60. The van der Waals surface area contributed by atoms with Crippen molar-refractivity contribution in [2.24, 2.45) is 0 Å². The molecule has 0 bridgehead atoms. The third-order valence-corrected chi connectivity index (χ3v) is 12.5. The molecule has 0 amide bonds. The third-order valence-electron chi connectivity index (χ3n) is 2.82. The SMILES string of the molecule is C[Si](C)(C)c1cn(-c2ccc([Si](C)(C)C)[se]2)nn1. The molecule has 0 aliphatic carbocycles. The van der Waals surface area contributed by atoms with Gasteiger partial charge in [-0.05, 0) is 0 Å². The predicted molar refractivity (Wildman–Crippen MR) is 84.3 cm³/mol. The van der Waals surface area contributed by atoms with Crippen molar-refractivity contribution in [1.29, 1.82) is 0 Å². The molecule has 0 aromatic carbocycles. The number of nitrogens with zero attached hydrogens (tertiary/aromatic N) is 3. The zero-order valence-electron chi connectivity index (χ0n) is 12.0. The van der Waals surface area contributed by atoms with Crippen LogP contribution in [0.25, 0.3) is 4.56 Å². The van der Waals surface area contributed by atoms with E-state index in [4.69, 9.17) is 0 Å². The minimum absolute atomic E-state index is 0.439. The Morgan fingerprint density at radius 2 is 1.67 bits per heavy atom. The van der Waals surface area contributed by atoms with E-state index in [2.05, 4.69) is 67.9 Å². The topological polar surface area (TPSA) is 30.7 Å². The van der Waals surface area contributed by atoms with Crippen molar-refractivity contribution in [1.82, 2.24) is 15.0 Å². The van der Waals surface area contributed by atoms with E-state index in [9.17, 15) is 0 Å². The molecule has 3 nitrogen and oxygen atoms in total. The van der Waals surface area contributed by atoms with Crippen molar-refractivity contribution >= 4 is 40.0 Å². The molecular formula is C12H21N3SeSi2. The minimum atomic E-state index is -1.34. The second-order valence-corrected chi connectivity index (χ2v) is 19.8.